The van der Waals surface area contributed by atoms with Crippen LogP contribution in [0.4, 0.5) is 5.82 Å². The molecule has 1 aliphatic heterocycles. The van der Waals surface area contributed by atoms with Crippen molar-refractivity contribution >= 4 is 17.8 Å². The number of anilines is 1. The van der Waals surface area contributed by atoms with Gasteiger partial charge in [0, 0.05) is 30.2 Å². The predicted molar refractivity (Wildman–Crippen MR) is 83.1 cm³/mol. The van der Waals surface area contributed by atoms with Gasteiger partial charge in [-0.05, 0) is 36.9 Å². The molecule has 0 amide bonds. The van der Waals surface area contributed by atoms with Crippen LogP contribution in [0.3, 0.4) is 0 Å². The fourth-order valence-electron chi connectivity index (χ4n) is 2.78. The van der Waals surface area contributed by atoms with E-state index in [9.17, 15) is 0 Å². The molecule has 0 atom stereocenters. The molecule has 0 bridgehead atoms. The monoisotopic (exact) mass is 293 g/mol. The molecule has 2 heterocycles. The van der Waals surface area contributed by atoms with Crippen LogP contribution in [0.15, 0.2) is 23.2 Å². The van der Waals surface area contributed by atoms with Gasteiger partial charge in [0.2, 0.25) is 0 Å². The summed E-state index contributed by atoms with van der Waals surface area (Å²) < 4.78 is 8.95. The molecule has 20 heavy (non-hydrogen) atoms. The third kappa shape index (κ3) is 3.87. The first-order valence-electron chi connectivity index (χ1n) is 7.63. The van der Waals surface area contributed by atoms with Gasteiger partial charge in [-0.3, -0.25) is 4.72 Å². The molecule has 1 saturated carbocycles. The Bertz CT molecular complexity index is 400. The van der Waals surface area contributed by atoms with Gasteiger partial charge < -0.3 is 9.64 Å². The minimum atomic E-state index is 0.674. The van der Waals surface area contributed by atoms with Crippen LogP contribution in [-0.4, -0.2) is 37.3 Å². The third-order valence-electron chi connectivity index (χ3n) is 4.00. The van der Waals surface area contributed by atoms with E-state index in [1.165, 1.54) is 37.0 Å². The van der Waals surface area contributed by atoms with E-state index in [0.29, 0.717) is 6.04 Å². The number of hydrogen-bond acceptors (Lipinski definition) is 5. The lowest BCUT2D eigenvalue weighted by molar-refractivity contribution is 0.122. The highest BCUT2D eigenvalue weighted by atomic mass is 32.2. The third-order valence-corrected chi connectivity index (χ3v) is 4.93. The molecule has 2 fully saturated rings. The predicted octanol–water partition coefficient (Wildman–Crippen LogP) is 2.85. The maximum atomic E-state index is 5.37. The fraction of sp³-hybridized carbons (Fsp3) is 0.667. The van der Waals surface area contributed by atoms with E-state index < -0.39 is 0 Å². The first-order chi connectivity index (χ1) is 9.92. The zero-order chi connectivity index (χ0) is 13.6. The number of rotatable bonds is 4. The van der Waals surface area contributed by atoms with Crippen LogP contribution >= 0.6 is 11.9 Å². The normalized spacial score (nSPS) is 21.1. The summed E-state index contributed by atoms with van der Waals surface area (Å²) in [5.41, 5.74) is 0. The summed E-state index contributed by atoms with van der Waals surface area (Å²) in [5, 5.41) is 0. The van der Waals surface area contributed by atoms with Crippen molar-refractivity contribution in [1.82, 2.24) is 9.71 Å². The van der Waals surface area contributed by atoms with Gasteiger partial charge in [-0.2, -0.15) is 0 Å². The van der Waals surface area contributed by atoms with Gasteiger partial charge >= 0.3 is 0 Å². The number of nitrogens with zero attached hydrogens (tertiary/aromatic N) is 2. The molecule has 5 heteroatoms. The zero-order valence-corrected chi connectivity index (χ0v) is 12.7. The first-order valence-corrected chi connectivity index (χ1v) is 8.44. The number of pyridine rings is 1. The standard InChI is InChI=1S/C15H23N3OS/c1-2-4-13(5-3-1)17-20-14-6-7-15(16-12-14)18-8-10-19-11-9-18/h6-7,12-13,17H,1-5,8-11H2. The molecular formula is C15H23N3OS. The lowest BCUT2D eigenvalue weighted by Gasteiger charge is -2.27. The minimum Gasteiger partial charge on any atom is -0.378 e. The molecule has 110 valence electrons. The van der Waals surface area contributed by atoms with Crippen molar-refractivity contribution < 1.29 is 4.74 Å². The molecule has 1 aromatic rings. The molecule has 1 N–H and O–H groups in total. The second kappa shape index (κ2) is 7.29. The van der Waals surface area contributed by atoms with E-state index in [2.05, 4.69) is 26.7 Å². The molecule has 4 nitrogen and oxygen atoms in total. The van der Waals surface area contributed by atoms with Gasteiger partial charge in [0.15, 0.2) is 0 Å². The van der Waals surface area contributed by atoms with Crippen molar-refractivity contribution in [2.45, 2.75) is 43.0 Å². The quantitative estimate of drug-likeness (QED) is 0.864. The summed E-state index contributed by atoms with van der Waals surface area (Å²) in [6, 6.07) is 4.96. The number of morpholine rings is 1. The SMILES string of the molecule is c1cc(N2CCOCC2)ncc1SNC1CCCCC1. The van der Waals surface area contributed by atoms with Crippen molar-refractivity contribution in [1.29, 1.82) is 0 Å². The van der Waals surface area contributed by atoms with E-state index in [0.717, 1.165) is 32.1 Å². The average Bonchev–Trinajstić information content (AvgIpc) is 2.55. The molecule has 1 aromatic heterocycles. The van der Waals surface area contributed by atoms with E-state index in [4.69, 9.17) is 4.74 Å². The molecular weight excluding hydrogens is 270 g/mol. The van der Waals surface area contributed by atoms with Crippen LogP contribution in [0.2, 0.25) is 0 Å². The Labute approximate surface area is 125 Å². The van der Waals surface area contributed by atoms with Crippen molar-refractivity contribution in [2.24, 2.45) is 0 Å². The number of hydrogen-bond donors (Lipinski definition) is 1. The van der Waals surface area contributed by atoms with Crippen LogP contribution in [0.1, 0.15) is 32.1 Å². The Morgan fingerprint density at radius 3 is 2.65 bits per heavy atom. The number of aromatic nitrogens is 1. The molecule has 1 saturated heterocycles. The number of nitrogens with one attached hydrogen (secondary N) is 1. The first kappa shape index (κ1) is 14.2. The molecule has 0 radical (unpaired) electrons. The smallest absolute Gasteiger partial charge is 0.128 e. The molecule has 0 spiro atoms. The highest BCUT2D eigenvalue weighted by Crippen LogP contribution is 2.23. The van der Waals surface area contributed by atoms with Crippen molar-refractivity contribution in [2.75, 3.05) is 31.2 Å². The van der Waals surface area contributed by atoms with Crippen LogP contribution in [0.25, 0.3) is 0 Å². The molecule has 0 aromatic carbocycles. The van der Waals surface area contributed by atoms with Crippen molar-refractivity contribution in [3.05, 3.63) is 18.3 Å². The highest BCUT2D eigenvalue weighted by molar-refractivity contribution is 7.97. The van der Waals surface area contributed by atoms with E-state index in [-0.39, 0.29) is 0 Å². The van der Waals surface area contributed by atoms with Gasteiger partial charge in [-0.15, -0.1) is 0 Å². The maximum Gasteiger partial charge on any atom is 0.128 e. The summed E-state index contributed by atoms with van der Waals surface area (Å²) in [6.45, 7) is 3.50. The van der Waals surface area contributed by atoms with Gasteiger partial charge in [0.05, 0.1) is 13.2 Å². The topological polar surface area (TPSA) is 37.4 Å². The van der Waals surface area contributed by atoms with Crippen LogP contribution in [0.5, 0.6) is 0 Å². The van der Waals surface area contributed by atoms with Crippen molar-refractivity contribution in [3.8, 4) is 0 Å². The summed E-state index contributed by atoms with van der Waals surface area (Å²) in [4.78, 5) is 8.06. The Morgan fingerprint density at radius 2 is 1.95 bits per heavy atom. The Morgan fingerprint density at radius 1 is 1.15 bits per heavy atom. The second-order valence-corrected chi connectivity index (χ2v) is 6.42. The molecule has 3 rings (SSSR count). The lowest BCUT2D eigenvalue weighted by Crippen LogP contribution is -2.36. The van der Waals surface area contributed by atoms with Gasteiger partial charge in [0.25, 0.3) is 0 Å². The Hall–Kier alpha value is -0.780. The van der Waals surface area contributed by atoms with E-state index in [1.54, 1.807) is 11.9 Å². The summed E-state index contributed by atoms with van der Waals surface area (Å²) in [5.74, 6) is 1.07. The highest BCUT2D eigenvalue weighted by Gasteiger charge is 2.14. The van der Waals surface area contributed by atoms with E-state index >= 15 is 0 Å². The van der Waals surface area contributed by atoms with E-state index in [1.807, 2.05) is 6.20 Å². The van der Waals surface area contributed by atoms with Crippen LogP contribution in [0, 0.1) is 0 Å². The van der Waals surface area contributed by atoms with Gasteiger partial charge in [-0.25, -0.2) is 4.98 Å². The second-order valence-electron chi connectivity index (χ2n) is 5.51. The fourth-order valence-corrected chi connectivity index (χ4v) is 3.56. The van der Waals surface area contributed by atoms with Crippen molar-refractivity contribution in [3.63, 3.8) is 0 Å². The molecule has 0 unspecified atom stereocenters. The van der Waals surface area contributed by atoms with Crippen LogP contribution < -0.4 is 9.62 Å². The Balaban J connectivity index is 1.50. The minimum absolute atomic E-state index is 0.674. The zero-order valence-electron chi connectivity index (χ0n) is 11.9. The van der Waals surface area contributed by atoms with Crippen LogP contribution in [-0.2, 0) is 4.74 Å². The maximum absolute atomic E-state index is 5.37. The summed E-state index contributed by atoms with van der Waals surface area (Å²) in [6.07, 6.45) is 8.74. The summed E-state index contributed by atoms with van der Waals surface area (Å²) in [7, 11) is 0. The average molecular weight is 293 g/mol. The lowest BCUT2D eigenvalue weighted by atomic mass is 9.96. The Kier molecular flexibility index (Phi) is 5.17. The molecule has 1 aliphatic carbocycles. The number of ether oxygens (including phenoxy) is 1. The van der Waals surface area contributed by atoms with Gasteiger partial charge in [0.1, 0.15) is 5.82 Å². The summed E-state index contributed by atoms with van der Waals surface area (Å²) >= 11 is 1.73. The van der Waals surface area contributed by atoms with Gasteiger partial charge in [-0.1, -0.05) is 19.3 Å². The largest absolute Gasteiger partial charge is 0.378 e. The molecule has 2 aliphatic rings.